The molecule has 4 atom stereocenters. The topological polar surface area (TPSA) is 29.1 Å². The lowest BCUT2D eigenvalue weighted by molar-refractivity contribution is 0.240. The molecule has 2 aliphatic carbocycles. The van der Waals surface area contributed by atoms with E-state index in [1.165, 1.54) is 25.7 Å². The van der Waals surface area contributed by atoms with Crippen LogP contribution < -0.4 is 5.32 Å². The maximum absolute atomic E-state index is 11.3. The molecule has 3 aliphatic rings. The van der Waals surface area contributed by atoms with Gasteiger partial charge < -0.3 is 5.32 Å². The van der Waals surface area contributed by atoms with Gasteiger partial charge in [-0.15, -0.1) is 0 Å². The van der Waals surface area contributed by atoms with Crippen molar-refractivity contribution in [3.05, 3.63) is 0 Å². The molecular formula is C14H25NOS. The Morgan fingerprint density at radius 3 is 2.47 bits per heavy atom. The predicted octanol–water partition coefficient (Wildman–Crippen LogP) is 2.31. The van der Waals surface area contributed by atoms with E-state index in [2.05, 4.69) is 12.2 Å². The summed E-state index contributed by atoms with van der Waals surface area (Å²) in [6, 6.07) is 1.32. The van der Waals surface area contributed by atoms with Gasteiger partial charge in [0.25, 0.3) is 0 Å². The van der Waals surface area contributed by atoms with Crippen molar-refractivity contribution in [1.29, 1.82) is 0 Å². The summed E-state index contributed by atoms with van der Waals surface area (Å²) in [5.74, 6) is 4.83. The van der Waals surface area contributed by atoms with Crippen LogP contribution in [0.5, 0.6) is 0 Å². The van der Waals surface area contributed by atoms with Crippen LogP contribution in [-0.2, 0) is 10.8 Å². The van der Waals surface area contributed by atoms with Crippen LogP contribution >= 0.6 is 0 Å². The maximum Gasteiger partial charge on any atom is 0.0249 e. The highest BCUT2D eigenvalue weighted by molar-refractivity contribution is 7.85. The van der Waals surface area contributed by atoms with E-state index in [4.69, 9.17) is 0 Å². The Kier molecular flexibility index (Phi) is 3.58. The van der Waals surface area contributed by atoms with Gasteiger partial charge >= 0.3 is 0 Å². The molecule has 0 amide bonds. The van der Waals surface area contributed by atoms with Crippen LogP contribution in [-0.4, -0.2) is 27.8 Å². The van der Waals surface area contributed by atoms with Crippen LogP contribution in [0.25, 0.3) is 0 Å². The minimum atomic E-state index is -0.519. The molecule has 0 aromatic rings. The van der Waals surface area contributed by atoms with Crippen molar-refractivity contribution in [2.24, 2.45) is 17.8 Å². The first-order valence-electron chi connectivity index (χ1n) is 7.33. The van der Waals surface area contributed by atoms with E-state index < -0.39 is 10.8 Å². The standard InChI is InChI=1S/C14H25NOS/c1-10(14-9-11-2-3-12(14)8-11)15-13-4-6-17(16)7-5-13/h10-15H,2-9H2,1H3. The molecule has 17 heavy (non-hydrogen) atoms. The van der Waals surface area contributed by atoms with Crippen molar-refractivity contribution in [3.8, 4) is 0 Å². The molecule has 2 nitrogen and oxygen atoms in total. The minimum absolute atomic E-state index is 0.519. The molecule has 0 radical (unpaired) electrons. The summed E-state index contributed by atoms with van der Waals surface area (Å²) in [6.45, 7) is 2.39. The monoisotopic (exact) mass is 255 g/mol. The quantitative estimate of drug-likeness (QED) is 0.838. The molecule has 2 saturated carbocycles. The third-order valence-corrected chi connectivity index (χ3v) is 6.70. The zero-order valence-corrected chi connectivity index (χ0v) is 11.7. The number of hydrogen-bond donors (Lipinski definition) is 1. The molecule has 1 aliphatic heterocycles. The molecule has 0 aromatic heterocycles. The lowest BCUT2D eigenvalue weighted by Crippen LogP contribution is -2.45. The second-order valence-corrected chi connectivity index (χ2v) is 8.11. The van der Waals surface area contributed by atoms with E-state index in [1.54, 1.807) is 0 Å². The first-order valence-corrected chi connectivity index (χ1v) is 8.82. The van der Waals surface area contributed by atoms with E-state index in [1.807, 2.05) is 0 Å². The fourth-order valence-electron chi connectivity index (χ4n) is 4.36. The Bertz CT molecular complexity index is 297. The zero-order valence-electron chi connectivity index (χ0n) is 10.9. The van der Waals surface area contributed by atoms with Gasteiger partial charge in [0, 0.05) is 34.4 Å². The van der Waals surface area contributed by atoms with E-state index in [0.29, 0.717) is 12.1 Å². The van der Waals surface area contributed by atoms with Crippen molar-refractivity contribution in [1.82, 2.24) is 5.32 Å². The Labute approximate surface area is 107 Å². The minimum Gasteiger partial charge on any atom is -0.311 e. The Morgan fingerprint density at radius 1 is 1.12 bits per heavy atom. The summed E-state index contributed by atoms with van der Waals surface area (Å²) in [6.07, 6.45) is 8.20. The van der Waals surface area contributed by atoms with Gasteiger partial charge in [-0.2, -0.15) is 0 Å². The smallest absolute Gasteiger partial charge is 0.0249 e. The molecule has 98 valence electrons. The molecule has 4 unspecified atom stereocenters. The third-order valence-electron chi connectivity index (χ3n) is 5.32. The van der Waals surface area contributed by atoms with E-state index >= 15 is 0 Å². The lowest BCUT2D eigenvalue weighted by atomic mass is 9.83. The van der Waals surface area contributed by atoms with Gasteiger partial charge in [-0.05, 0) is 56.8 Å². The average molecular weight is 255 g/mol. The van der Waals surface area contributed by atoms with Crippen LogP contribution in [0.4, 0.5) is 0 Å². The Morgan fingerprint density at radius 2 is 1.88 bits per heavy atom. The van der Waals surface area contributed by atoms with Gasteiger partial charge in [0.05, 0.1) is 0 Å². The second-order valence-electron chi connectivity index (χ2n) is 6.42. The molecule has 0 aromatic carbocycles. The normalized spacial score (nSPS) is 47.2. The molecule has 3 fully saturated rings. The van der Waals surface area contributed by atoms with Crippen molar-refractivity contribution < 1.29 is 4.21 Å². The lowest BCUT2D eigenvalue weighted by Gasteiger charge is -2.33. The van der Waals surface area contributed by atoms with Gasteiger partial charge in [-0.25, -0.2) is 0 Å². The highest BCUT2D eigenvalue weighted by Gasteiger charge is 2.42. The van der Waals surface area contributed by atoms with Crippen LogP contribution in [0, 0.1) is 17.8 Å². The van der Waals surface area contributed by atoms with Crippen LogP contribution in [0.15, 0.2) is 0 Å². The molecule has 0 spiro atoms. The average Bonchev–Trinajstić information content (AvgIpc) is 2.94. The van der Waals surface area contributed by atoms with Crippen molar-refractivity contribution in [2.45, 2.75) is 57.5 Å². The van der Waals surface area contributed by atoms with Crippen LogP contribution in [0.1, 0.15) is 45.4 Å². The summed E-state index contributed by atoms with van der Waals surface area (Å²) in [4.78, 5) is 0. The van der Waals surface area contributed by atoms with Crippen LogP contribution in [0.3, 0.4) is 0 Å². The number of hydrogen-bond acceptors (Lipinski definition) is 2. The molecule has 2 bridgehead atoms. The highest BCUT2D eigenvalue weighted by Crippen LogP contribution is 2.49. The summed E-state index contributed by atoms with van der Waals surface area (Å²) in [7, 11) is -0.519. The van der Waals surface area contributed by atoms with Crippen molar-refractivity contribution in [2.75, 3.05) is 11.5 Å². The summed E-state index contributed by atoms with van der Waals surface area (Å²) < 4.78 is 11.3. The summed E-state index contributed by atoms with van der Waals surface area (Å²) in [5.41, 5.74) is 0. The Balaban J connectivity index is 1.50. The highest BCUT2D eigenvalue weighted by atomic mass is 32.2. The predicted molar refractivity (Wildman–Crippen MR) is 72.4 cm³/mol. The van der Waals surface area contributed by atoms with E-state index in [-0.39, 0.29) is 0 Å². The van der Waals surface area contributed by atoms with Gasteiger partial charge in [-0.1, -0.05) is 6.42 Å². The Hall–Kier alpha value is 0.110. The van der Waals surface area contributed by atoms with Gasteiger partial charge in [0.1, 0.15) is 0 Å². The third kappa shape index (κ3) is 2.60. The molecular weight excluding hydrogens is 230 g/mol. The number of nitrogens with one attached hydrogen (secondary N) is 1. The molecule has 3 rings (SSSR count). The molecule has 1 heterocycles. The molecule has 1 saturated heterocycles. The van der Waals surface area contributed by atoms with E-state index in [9.17, 15) is 4.21 Å². The molecule has 3 heteroatoms. The van der Waals surface area contributed by atoms with E-state index in [0.717, 1.165) is 42.1 Å². The summed E-state index contributed by atoms with van der Waals surface area (Å²) in [5, 5.41) is 3.83. The maximum atomic E-state index is 11.3. The van der Waals surface area contributed by atoms with Gasteiger partial charge in [-0.3, -0.25) is 4.21 Å². The second kappa shape index (κ2) is 5.00. The number of fused-ring (bicyclic) bond motifs is 2. The van der Waals surface area contributed by atoms with Crippen molar-refractivity contribution >= 4 is 10.8 Å². The SMILES string of the molecule is CC(NC1CCS(=O)CC1)C1CC2CCC1C2. The fourth-order valence-corrected chi connectivity index (χ4v) is 5.66. The number of rotatable bonds is 3. The van der Waals surface area contributed by atoms with Crippen LogP contribution in [0.2, 0.25) is 0 Å². The fraction of sp³-hybridized carbons (Fsp3) is 1.00. The van der Waals surface area contributed by atoms with Gasteiger partial charge in [0.15, 0.2) is 0 Å². The largest absolute Gasteiger partial charge is 0.311 e. The van der Waals surface area contributed by atoms with Crippen molar-refractivity contribution in [3.63, 3.8) is 0 Å². The first-order chi connectivity index (χ1) is 8.22. The zero-order chi connectivity index (χ0) is 11.8. The van der Waals surface area contributed by atoms with Gasteiger partial charge in [0.2, 0.25) is 0 Å². The molecule has 1 N–H and O–H groups in total. The first kappa shape index (κ1) is 12.2. The summed E-state index contributed by atoms with van der Waals surface area (Å²) >= 11 is 0.